The van der Waals surface area contributed by atoms with E-state index in [0.29, 0.717) is 6.42 Å². The zero-order chi connectivity index (χ0) is 23.7. The van der Waals surface area contributed by atoms with Crippen LogP contribution in [0.5, 0.6) is 0 Å². The molecule has 1 aromatic rings. The average molecular weight is 463 g/mol. The maximum atomic E-state index is 12.1. The predicted octanol–water partition coefficient (Wildman–Crippen LogP) is 7.01. The number of rotatable bonds is 7. The summed E-state index contributed by atoms with van der Waals surface area (Å²) in [7, 11) is -4.02. The molecule has 2 rings (SSSR count). The minimum Gasteiger partial charge on any atom is -0.455 e. The van der Waals surface area contributed by atoms with Crippen molar-refractivity contribution in [2.45, 2.75) is 103 Å². The lowest BCUT2D eigenvalue weighted by Gasteiger charge is -2.39. The molecule has 0 bridgehead atoms. The molecule has 1 saturated heterocycles. The number of ether oxygens (including phenoxy) is 1. The molecule has 1 aliphatic heterocycles. The number of hydrogen-bond donors (Lipinski definition) is 0. The van der Waals surface area contributed by atoms with E-state index in [-0.39, 0.29) is 34.4 Å². The van der Waals surface area contributed by atoms with Crippen LogP contribution in [-0.4, -0.2) is 34.8 Å². The molecule has 174 valence electrons. The fraction of sp³-hybridized carbons (Fsp3) is 0.640. The standard InChI is InChI=1S/C25H42O4Si2/c1-24(2,3)30(7,8)28-20(19-14-12-11-13-15-19)16-17-21-22(18-23(26)27-21)29-31(9,10)25(4,5)6/h11-17,20-22H,18H2,1-10H3/b17-16+/t20-,21+,22+/m0/s1. The quantitative estimate of drug-likeness (QED) is 0.248. The molecule has 0 spiro atoms. The lowest BCUT2D eigenvalue weighted by atomic mass is 10.1. The van der Waals surface area contributed by atoms with Crippen LogP contribution in [0.1, 0.15) is 59.6 Å². The number of carbonyl (C=O) groups excluding carboxylic acids is 1. The van der Waals surface area contributed by atoms with Gasteiger partial charge in [-0.25, -0.2) is 0 Å². The normalized spacial score (nSPS) is 22.1. The number of carbonyl (C=O) groups is 1. The molecule has 1 heterocycles. The van der Waals surface area contributed by atoms with E-state index >= 15 is 0 Å². The fourth-order valence-electron chi connectivity index (χ4n) is 2.95. The SMILES string of the molecule is CC(C)(C)[Si](C)(C)O[C@@H](/C=C/[C@H]1OC(=O)C[C@H]1O[Si](C)(C)C(C)(C)C)c1ccccc1. The van der Waals surface area contributed by atoms with Crippen molar-refractivity contribution in [1.82, 2.24) is 0 Å². The van der Waals surface area contributed by atoms with Crippen LogP contribution in [0, 0.1) is 0 Å². The van der Waals surface area contributed by atoms with Gasteiger partial charge in [0.25, 0.3) is 0 Å². The first-order chi connectivity index (χ1) is 14.0. The van der Waals surface area contributed by atoms with E-state index in [0.717, 1.165) is 5.56 Å². The number of benzene rings is 1. The second-order valence-electron chi connectivity index (χ2n) is 11.7. The van der Waals surface area contributed by atoms with E-state index in [1.54, 1.807) is 0 Å². The van der Waals surface area contributed by atoms with Gasteiger partial charge in [-0.1, -0.05) is 78.0 Å². The van der Waals surface area contributed by atoms with E-state index in [1.165, 1.54) is 0 Å². The zero-order valence-electron chi connectivity index (χ0n) is 21.1. The molecule has 0 amide bonds. The summed E-state index contributed by atoms with van der Waals surface area (Å²) < 4.78 is 18.9. The molecule has 3 atom stereocenters. The third-order valence-corrected chi connectivity index (χ3v) is 16.0. The molecule has 0 aromatic heterocycles. The molecule has 1 aliphatic rings. The minimum atomic E-state index is -2.02. The van der Waals surface area contributed by atoms with Gasteiger partial charge < -0.3 is 13.6 Å². The Balaban J connectivity index is 2.28. The maximum Gasteiger partial charge on any atom is 0.309 e. The van der Waals surface area contributed by atoms with Gasteiger partial charge in [0, 0.05) is 0 Å². The zero-order valence-corrected chi connectivity index (χ0v) is 23.1. The Morgan fingerprint density at radius 2 is 1.52 bits per heavy atom. The van der Waals surface area contributed by atoms with Crippen molar-refractivity contribution in [3.05, 3.63) is 48.0 Å². The highest BCUT2D eigenvalue weighted by atomic mass is 28.4. The first-order valence-corrected chi connectivity index (χ1v) is 17.1. The minimum absolute atomic E-state index is 0.0743. The van der Waals surface area contributed by atoms with Crippen LogP contribution >= 0.6 is 0 Å². The third kappa shape index (κ3) is 6.64. The Morgan fingerprint density at radius 1 is 0.968 bits per heavy atom. The summed E-state index contributed by atoms with van der Waals surface area (Å²) in [5.74, 6) is -0.195. The summed E-state index contributed by atoms with van der Waals surface area (Å²) in [6, 6.07) is 10.3. The van der Waals surface area contributed by atoms with Crippen LogP contribution in [0.2, 0.25) is 36.3 Å². The summed E-state index contributed by atoms with van der Waals surface area (Å²) in [5, 5.41) is 0.173. The van der Waals surface area contributed by atoms with Crippen LogP contribution in [0.25, 0.3) is 0 Å². The molecule has 1 fully saturated rings. The highest BCUT2D eigenvalue weighted by Gasteiger charge is 2.44. The lowest BCUT2D eigenvalue weighted by molar-refractivity contribution is -0.140. The summed E-state index contributed by atoms with van der Waals surface area (Å²) in [6.07, 6.45) is 3.54. The van der Waals surface area contributed by atoms with Gasteiger partial charge in [0.1, 0.15) is 6.10 Å². The topological polar surface area (TPSA) is 44.8 Å². The first-order valence-electron chi connectivity index (χ1n) is 11.3. The van der Waals surface area contributed by atoms with Crippen molar-refractivity contribution in [3.8, 4) is 0 Å². The van der Waals surface area contributed by atoms with Gasteiger partial charge in [-0.15, -0.1) is 0 Å². The van der Waals surface area contributed by atoms with Crippen molar-refractivity contribution in [3.63, 3.8) is 0 Å². The highest BCUT2D eigenvalue weighted by Crippen LogP contribution is 2.41. The van der Waals surface area contributed by atoms with Gasteiger partial charge >= 0.3 is 5.97 Å². The molecule has 0 radical (unpaired) electrons. The fourth-order valence-corrected chi connectivity index (χ4v) is 5.48. The third-order valence-electron chi connectivity index (χ3n) is 7.09. The number of hydrogen-bond acceptors (Lipinski definition) is 4. The van der Waals surface area contributed by atoms with E-state index in [4.69, 9.17) is 13.6 Å². The van der Waals surface area contributed by atoms with Gasteiger partial charge in [-0.05, 0) is 47.9 Å². The number of cyclic esters (lactones) is 1. The molecule has 31 heavy (non-hydrogen) atoms. The van der Waals surface area contributed by atoms with Gasteiger partial charge in [-0.2, -0.15) is 0 Å². The van der Waals surface area contributed by atoms with Gasteiger partial charge in [0.15, 0.2) is 16.6 Å². The van der Waals surface area contributed by atoms with Crippen LogP contribution < -0.4 is 0 Å². The van der Waals surface area contributed by atoms with E-state index in [9.17, 15) is 4.79 Å². The molecule has 6 heteroatoms. The molecule has 0 N–H and O–H groups in total. The van der Waals surface area contributed by atoms with Crippen molar-refractivity contribution >= 4 is 22.6 Å². The molecule has 0 aliphatic carbocycles. The largest absolute Gasteiger partial charge is 0.455 e. The summed E-state index contributed by atoms with van der Waals surface area (Å²) in [4.78, 5) is 12.1. The Bertz CT molecular complexity index is 773. The molecular formula is C25H42O4Si2. The summed E-state index contributed by atoms with van der Waals surface area (Å²) >= 11 is 0. The molecule has 4 nitrogen and oxygen atoms in total. The Morgan fingerprint density at radius 3 is 2.03 bits per heavy atom. The second-order valence-corrected chi connectivity index (χ2v) is 21.2. The van der Waals surface area contributed by atoms with Crippen LogP contribution in [-0.2, 0) is 18.4 Å². The van der Waals surface area contributed by atoms with Crippen LogP contribution in [0.3, 0.4) is 0 Å². The van der Waals surface area contributed by atoms with Crippen LogP contribution in [0.15, 0.2) is 42.5 Å². The average Bonchev–Trinajstić information content (AvgIpc) is 2.96. The van der Waals surface area contributed by atoms with E-state index in [2.05, 4.69) is 85.9 Å². The molecule has 0 saturated carbocycles. The molecule has 0 unspecified atom stereocenters. The summed E-state index contributed by atoms with van der Waals surface area (Å²) in [6.45, 7) is 22.3. The second kappa shape index (κ2) is 9.34. The maximum absolute atomic E-state index is 12.1. The Labute approximate surface area is 191 Å². The molecular weight excluding hydrogens is 420 g/mol. The first kappa shape index (κ1) is 26.0. The van der Waals surface area contributed by atoms with Crippen molar-refractivity contribution < 1.29 is 18.4 Å². The van der Waals surface area contributed by atoms with Crippen molar-refractivity contribution in [1.29, 1.82) is 0 Å². The van der Waals surface area contributed by atoms with Gasteiger partial charge in [0.2, 0.25) is 0 Å². The van der Waals surface area contributed by atoms with Crippen molar-refractivity contribution in [2.24, 2.45) is 0 Å². The predicted molar refractivity (Wildman–Crippen MR) is 133 cm³/mol. The number of esters is 1. The highest BCUT2D eigenvalue weighted by molar-refractivity contribution is 6.74. The van der Waals surface area contributed by atoms with Crippen LogP contribution in [0.4, 0.5) is 0 Å². The monoisotopic (exact) mass is 462 g/mol. The van der Waals surface area contributed by atoms with E-state index in [1.807, 2.05) is 24.3 Å². The lowest BCUT2D eigenvalue weighted by Crippen LogP contribution is -2.45. The summed E-state index contributed by atoms with van der Waals surface area (Å²) in [5.41, 5.74) is 1.11. The van der Waals surface area contributed by atoms with Crippen molar-refractivity contribution in [2.75, 3.05) is 0 Å². The smallest absolute Gasteiger partial charge is 0.309 e. The van der Waals surface area contributed by atoms with Gasteiger partial charge in [-0.3, -0.25) is 4.79 Å². The molecule has 1 aromatic carbocycles. The van der Waals surface area contributed by atoms with Gasteiger partial charge in [0.05, 0.1) is 18.6 Å². The van der Waals surface area contributed by atoms with E-state index < -0.39 is 16.6 Å². The Kier molecular flexibility index (Phi) is 7.84. The Hall–Kier alpha value is -1.22.